The summed E-state index contributed by atoms with van der Waals surface area (Å²) in [5.41, 5.74) is 0.781. The molecule has 2 aromatic carbocycles. The van der Waals surface area contributed by atoms with E-state index in [9.17, 15) is 14.0 Å². The average molecular weight is 403 g/mol. The normalized spacial score (nSPS) is 11.9. The number of benzene rings is 2. The molecule has 0 saturated heterocycles. The minimum atomic E-state index is -0.618. The molecule has 2 rings (SSSR count). The van der Waals surface area contributed by atoms with Crippen LogP contribution in [0.5, 0.6) is 0 Å². The molecule has 4 nitrogen and oxygen atoms in total. The predicted molar refractivity (Wildman–Crippen MR) is 111 cm³/mol. The second kappa shape index (κ2) is 10.9. The lowest BCUT2D eigenvalue weighted by Crippen LogP contribution is -2.48. The van der Waals surface area contributed by atoms with Crippen molar-refractivity contribution in [1.29, 1.82) is 0 Å². The molecular formula is C22H27FN2O2S. The summed E-state index contributed by atoms with van der Waals surface area (Å²) in [6.07, 6.45) is 0. The van der Waals surface area contributed by atoms with Crippen LogP contribution in [0.15, 0.2) is 59.5 Å². The lowest BCUT2D eigenvalue weighted by molar-refractivity contribution is -0.138. The van der Waals surface area contributed by atoms with E-state index in [2.05, 4.69) is 5.32 Å². The number of amides is 2. The first-order chi connectivity index (χ1) is 13.4. The van der Waals surface area contributed by atoms with E-state index in [-0.39, 0.29) is 29.9 Å². The Kier molecular flexibility index (Phi) is 8.51. The number of rotatable bonds is 9. The van der Waals surface area contributed by atoms with Crippen molar-refractivity contribution < 1.29 is 14.0 Å². The van der Waals surface area contributed by atoms with Crippen molar-refractivity contribution in [3.05, 3.63) is 66.0 Å². The van der Waals surface area contributed by atoms with Crippen molar-refractivity contribution in [2.45, 2.75) is 38.3 Å². The molecule has 0 aromatic heterocycles. The molecule has 1 N–H and O–H groups in total. The minimum absolute atomic E-state index is 0.134. The molecule has 2 amide bonds. The van der Waals surface area contributed by atoms with Gasteiger partial charge in [-0.05, 0) is 42.7 Å². The molecule has 0 saturated carbocycles. The van der Waals surface area contributed by atoms with E-state index in [4.69, 9.17) is 0 Å². The van der Waals surface area contributed by atoms with Crippen molar-refractivity contribution in [3.8, 4) is 0 Å². The topological polar surface area (TPSA) is 49.4 Å². The van der Waals surface area contributed by atoms with Crippen molar-refractivity contribution in [2.24, 2.45) is 5.92 Å². The second-order valence-corrected chi connectivity index (χ2v) is 8.11. The van der Waals surface area contributed by atoms with Crippen LogP contribution in [0, 0.1) is 11.7 Å². The summed E-state index contributed by atoms with van der Waals surface area (Å²) in [5, 5.41) is 2.89. The molecule has 150 valence electrons. The molecular weight excluding hydrogens is 375 g/mol. The SMILES string of the molecule is CC(C)CNC(=O)[C@H](C)N(Cc1ccc(F)cc1)C(=O)CSc1ccccc1. The molecule has 0 unspecified atom stereocenters. The molecule has 0 spiro atoms. The summed E-state index contributed by atoms with van der Waals surface area (Å²) in [6.45, 7) is 6.57. The smallest absolute Gasteiger partial charge is 0.242 e. The zero-order valence-corrected chi connectivity index (χ0v) is 17.3. The van der Waals surface area contributed by atoms with Gasteiger partial charge in [0.15, 0.2) is 0 Å². The largest absolute Gasteiger partial charge is 0.354 e. The Bertz CT molecular complexity index is 766. The van der Waals surface area contributed by atoms with Crippen LogP contribution >= 0.6 is 11.8 Å². The highest BCUT2D eigenvalue weighted by atomic mass is 32.2. The fourth-order valence-electron chi connectivity index (χ4n) is 2.57. The van der Waals surface area contributed by atoms with Gasteiger partial charge in [0, 0.05) is 18.0 Å². The third kappa shape index (κ3) is 7.00. The van der Waals surface area contributed by atoms with Crippen molar-refractivity contribution in [2.75, 3.05) is 12.3 Å². The Hall–Kier alpha value is -2.34. The number of hydrogen-bond acceptors (Lipinski definition) is 3. The summed E-state index contributed by atoms with van der Waals surface area (Å²) in [5.74, 6) is -0.0956. The molecule has 6 heteroatoms. The summed E-state index contributed by atoms with van der Waals surface area (Å²) in [7, 11) is 0. The maximum atomic E-state index is 13.2. The average Bonchev–Trinajstić information content (AvgIpc) is 2.70. The van der Waals surface area contributed by atoms with Crippen LogP contribution in [-0.2, 0) is 16.1 Å². The molecule has 0 fully saturated rings. The fourth-order valence-corrected chi connectivity index (χ4v) is 3.37. The molecule has 1 atom stereocenters. The quantitative estimate of drug-likeness (QED) is 0.642. The van der Waals surface area contributed by atoms with Gasteiger partial charge in [-0.15, -0.1) is 11.8 Å². The van der Waals surface area contributed by atoms with Gasteiger partial charge in [-0.3, -0.25) is 9.59 Å². The van der Waals surface area contributed by atoms with Gasteiger partial charge in [-0.1, -0.05) is 44.2 Å². The number of hydrogen-bond donors (Lipinski definition) is 1. The third-order valence-electron chi connectivity index (χ3n) is 4.22. The van der Waals surface area contributed by atoms with Crippen LogP contribution in [0.2, 0.25) is 0 Å². The lowest BCUT2D eigenvalue weighted by Gasteiger charge is -2.29. The Labute approximate surface area is 170 Å². The molecule has 0 aliphatic carbocycles. The Balaban J connectivity index is 2.10. The van der Waals surface area contributed by atoms with Crippen molar-refractivity contribution in [3.63, 3.8) is 0 Å². The second-order valence-electron chi connectivity index (χ2n) is 7.06. The Morgan fingerprint density at radius 2 is 1.68 bits per heavy atom. The van der Waals surface area contributed by atoms with Gasteiger partial charge in [-0.2, -0.15) is 0 Å². The predicted octanol–water partition coefficient (Wildman–Crippen LogP) is 4.11. The van der Waals surface area contributed by atoms with Gasteiger partial charge in [0.2, 0.25) is 11.8 Å². The van der Waals surface area contributed by atoms with Gasteiger partial charge in [0.1, 0.15) is 11.9 Å². The maximum absolute atomic E-state index is 13.2. The molecule has 0 heterocycles. The van der Waals surface area contributed by atoms with Crippen LogP contribution in [0.3, 0.4) is 0 Å². The van der Waals surface area contributed by atoms with E-state index in [1.807, 2.05) is 44.2 Å². The number of carbonyl (C=O) groups is 2. The zero-order chi connectivity index (χ0) is 20.5. The molecule has 0 aliphatic heterocycles. The van der Waals surface area contributed by atoms with Crippen LogP contribution < -0.4 is 5.32 Å². The summed E-state index contributed by atoms with van der Waals surface area (Å²) in [6, 6.07) is 15.0. The van der Waals surface area contributed by atoms with Crippen LogP contribution in [0.1, 0.15) is 26.3 Å². The van der Waals surface area contributed by atoms with Gasteiger partial charge in [0.05, 0.1) is 5.75 Å². The van der Waals surface area contributed by atoms with Crippen LogP contribution in [0.25, 0.3) is 0 Å². The van der Waals surface area contributed by atoms with Crippen molar-refractivity contribution >= 4 is 23.6 Å². The first-order valence-corrected chi connectivity index (χ1v) is 10.3. The molecule has 0 bridgehead atoms. The van der Waals surface area contributed by atoms with E-state index >= 15 is 0 Å². The third-order valence-corrected chi connectivity index (χ3v) is 5.22. The monoisotopic (exact) mass is 402 g/mol. The van der Waals surface area contributed by atoms with Gasteiger partial charge in [0.25, 0.3) is 0 Å². The number of carbonyl (C=O) groups excluding carboxylic acids is 2. The van der Waals surface area contributed by atoms with E-state index in [1.54, 1.807) is 24.0 Å². The van der Waals surface area contributed by atoms with Gasteiger partial charge in [-0.25, -0.2) is 4.39 Å². The van der Waals surface area contributed by atoms with Crippen LogP contribution in [-0.4, -0.2) is 35.1 Å². The number of nitrogens with zero attached hydrogens (tertiary/aromatic N) is 1. The van der Waals surface area contributed by atoms with Gasteiger partial charge < -0.3 is 10.2 Å². The molecule has 0 radical (unpaired) electrons. The maximum Gasteiger partial charge on any atom is 0.242 e. The summed E-state index contributed by atoms with van der Waals surface area (Å²) < 4.78 is 13.2. The summed E-state index contributed by atoms with van der Waals surface area (Å²) >= 11 is 1.43. The number of halogens is 1. The van der Waals surface area contributed by atoms with E-state index < -0.39 is 6.04 Å². The Morgan fingerprint density at radius 1 is 1.04 bits per heavy atom. The highest BCUT2D eigenvalue weighted by Gasteiger charge is 2.26. The Morgan fingerprint density at radius 3 is 2.29 bits per heavy atom. The number of thioether (sulfide) groups is 1. The number of nitrogens with one attached hydrogen (secondary N) is 1. The molecule has 2 aromatic rings. The van der Waals surface area contributed by atoms with E-state index in [0.717, 1.165) is 10.5 Å². The highest BCUT2D eigenvalue weighted by molar-refractivity contribution is 8.00. The van der Waals surface area contributed by atoms with Crippen LogP contribution in [0.4, 0.5) is 4.39 Å². The molecule has 0 aliphatic rings. The first-order valence-electron chi connectivity index (χ1n) is 9.36. The van der Waals surface area contributed by atoms with E-state index in [1.165, 1.54) is 23.9 Å². The minimum Gasteiger partial charge on any atom is -0.354 e. The standard InChI is InChI=1S/C22H27FN2O2S/c1-16(2)13-24-22(27)17(3)25(14-18-9-11-19(23)12-10-18)21(26)15-28-20-7-5-4-6-8-20/h4-12,16-17H,13-15H2,1-3H3,(H,24,27)/t17-/m0/s1. The van der Waals surface area contributed by atoms with Gasteiger partial charge >= 0.3 is 0 Å². The summed E-state index contributed by atoms with van der Waals surface area (Å²) in [4.78, 5) is 28.0. The lowest BCUT2D eigenvalue weighted by atomic mass is 10.1. The molecule has 28 heavy (non-hydrogen) atoms. The highest BCUT2D eigenvalue weighted by Crippen LogP contribution is 2.19. The fraction of sp³-hybridized carbons (Fsp3) is 0.364. The zero-order valence-electron chi connectivity index (χ0n) is 16.5. The first kappa shape index (κ1) is 22.0. The van der Waals surface area contributed by atoms with Crippen molar-refractivity contribution in [1.82, 2.24) is 10.2 Å². The van der Waals surface area contributed by atoms with E-state index in [0.29, 0.717) is 12.5 Å².